The fourth-order valence-electron chi connectivity index (χ4n) is 4.06. The Kier molecular flexibility index (Phi) is 5.95. The summed E-state index contributed by atoms with van der Waals surface area (Å²) in [5.41, 5.74) is 2.61. The van der Waals surface area contributed by atoms with Crippen LogP contribution >= 0.6 is 11.3 Å². The Hall–Kier alpha value is -3.46. The van der Waals surface area contributed by atoms with E-state index in [9.17, 15) is 9.18 Å². The molecule has 0 spiro atoms. The summed E-state index contributed by atoms with van der Waals surface area (Å²) in [5.74, 6) is 0.375. The summed E-state index contributed by atoms with van der Waals surface area (Å²) in [4.78, 5) is 20.4. The first-order valence-corrected chi connectivity index (χ1v) is 11.7. The average molecular weight is 466 g/mol. The number of rotatable bonds is 6. The summed E-state index contributed by atoms with van der Waals surface area (Å²) in [6.45, 7) is 1.79. The van der Waals surface area contributed by atoms with Gasteiger partial charge < -0.3 is 15.0 Å². The smallest absolute Gasteiger partial charge is 0.225 e. The van der Waals surface area contributed by atoms with E-state index < -0.39 is 0 Å². The lowest BCUT2D eigenvalue weighted by atomic mass is 9.97. The molecule has 33 heavy (non-hydrogen) atoms. The van der Waals surface area contributed by atoms with E-state index in [2.05, 4.69) is 10.2 Å². The van der Waals surface area contributed by atoms with Gasteiger partial charge in [-0.1, -0.05) is 23.5 Å². The second kappa shape index (κ2) is 9.19. The Balaban J connectivity index is 1.24. The highest BCUT2D eigenvalue weighted by molar-refractivity contribution is 7.20. The first-order chi connectivity index (χ1) is 16.1. The van der Waals surface area contributed by atoms with Gasteiger partial charge in [0.25, 0.3) is 0 Å². The number of amides is 1. The van der Waals surface area contributed by atoms with Crippen LogP contribution in [-0.2, 0) is 11.3 Å². The molecule has 3 heterocycles. The van der Waals surface area contributed by atoms with Gasteiger partial charge in [-0.15, -0.1) is 5.10 Å². The molecule has 9 heteroatoms. The SMILES string of the molecule is COc1ccc(-c2cn3nc(N4CCCC(C(=O)NCc5cccc(F)c5)C4)sc3n2)cc1. The van der Waals surface area contributed by atoms with Crippen LogP contribution in [0.2, 0.25) is 0 Å². The highest BCUT2D eigenvalue weighted by atomic mass is 32.1. The van der Waals surface area contributed by atoms with E-state index in [1.807, 2.05) is 36.5 Å². The van der Waals surface area contributed by atoms with Crippen LogP contribution in [0.4, 0.5) is 9.52 Å². The number of nitrogens with zero attached hydrogens (tertiary/aromatic N) is 4. The van der Waals surface area contributed by atoms with Crippen molar-refractivity contribution in [3.8, 4) is 17.0 Å². The van der Waals surface area contributed by atoms with E-state index >= 15 is 0 Å². The van der Waals surface area contributed by atoms with Gasteiger partial charge in [-0.2, -0.15) is 0 Å². The maximum atomic E-state index is 13.4. The summed E-state index contributed by atoms with van der Waals surface area (Å²) >= 11 is 1.52. The quantitative estimate of drug-likeness (QED) is 0.464. The summed E-state index contributed by atoms with van der Waals surface area (Å²) in [7, 11) is 1.65. The molecule has 2 aromatic carbocycles. The standard InChI is InChI=1S/C24H24FN5O2S/c1-32-20-9-7-17(8-10-20)21-15-30-23(27-21)33-24(28-30)29-11-3-5-18(14-29)22(31)26-13-16-4-2-6-19(25)12-16/h2,4,6-10,12,15,18H,3,5,11,13-14H2,1H3,(H,26,31). The summed E-state index contributed by atoms with van der Waals surface area (Å²) in [6, 6.07) is 14.1. The van der Waals surface area contributed by atoms with Crippen molar-refractivity contribution in [1.29, 1.82) is 0 Å². The molecule has 0 saturated carbocycles. The van der Waals surface area contributed by atoms with Crippen LogP contribution in [0.15, 0.2) is 54.7 Å². The van der Waals surface area contributed by atoms with Gasteiger partial charge in [0.2, 0.25) is 16.0 Å². The van der Waals surface area contributed by atoms with E-state index in [4.69, 9.17) is 14.8 Å². The molecule has 170 valence electrons. The number of hydrogen-bond acceptors (Lipinski definition) is 6. The Bertz CT molecular complexity index is 1240. The number of anilines is 1. The highest BCUT2D eigenvalue weighted by Crippen LogP contribution is 2.30. The second-order valence-electron chi connectivity index (χ2n) is 8.10. The molecule has 1 N–H and O–H groups in total. The molecule has 1 aliphatic rings. The van der Waals surface area contributed by atoms with Crippen molar-refractivity contribution in [2.45, 2.75) is 19.4 Å². The molecule has 1 aliphatic heterocycles. The third-order valence-corrected chi connectivity index (χ3v) is 6.82. The lowest BCUT2D eigenvalue weighted by Crippen LogP contribution is -2.43. The van der Waals surface area contributed by atoms with Gasteiger partial charge in [0.15, 0.2) is 0 Å². The predicted molar refractivity (Wildman–Crippen MR) is 126 cm³/mol. The number of benzene rings is 2. The van der Waals surface area contributed by atoms with Crippen molar-refractivity contribution in [1.82, 2.24) is 19.9 Å². The molecule has 0 radical (unpaired) electrons. The van der Waals surface area contributed by atoms with Crippen LogP contribution in [0, 0.1) is 11.7 Å². The number of carbonyl (C=O) groups is 1. The van der Waals surface area contributed by atoms with E-state index in [-0.39, 0.29) is 17.6 Å². The average Bonchev–Trinajstić information content (AvgIpc) is 3.42. The fraction of sp³-hybridized carbons (Fsp3) is 0.292. The van der Waals surface area contributed by atoms with E-state index in [0.29, 0.717) is 13.1 Å². The molecule has 1 amide bonds. The normalized spacial score (nSPS) is 16.2. The summed E-state index contributed by atoms with van der Waals surface area (Å²) in [6.07, 6.45) is 3.66. The Morgan fingerprint density at radius 1 is 1.27 bits per heavy atom. The lowest BCUT2D eigenvalue weighted by molar-refractivity contribution is -0.125. The Morgan fingerprint density at radius 2 is 2.12 bits per heavy atom. The minimum atomic E-state index is -0.297. The zero-order valence-electron chi connectivity index (χ0n) is 18.2. The van der Waals surface area contributed by atoms with Gasteiger partial charge in [-0.3, -0.25) is 4.79 Å². The first-order valence-electron chi connectivity index (χ1n) is 10.9. The van der Waals surface area contributed by atoms with Crippen LogP contribution in [0.3, 0.4) is 0 Å². The molecule has 1 atom stereocenters. The third kappa shape index (κ3) is 4.68. The topological polar surface area (TPSA) is 71.8 Å². The number of aromatic nitrogens is 3. The Morgan fingerprint density at radius 3 is 2.88 bits per heavy atom. The molecule has 4 aromatic rings. The highest BCUT2D eigenvalue weighted by Gasteiger charge is 2.28. The summed E-state index contributed by atoms with van der Waals surface area (Å²) in [5, 5.41) is 8.52. The largest absolute Gasteiger partial charge is 0.497 e. The van der Waals surface area contributed by atoms with Crippen molar-refractivity contribution in [3.05, 3.63) is 66.1 Å². The monoisotopic (exact) mass is 465 g/mol. The number of hydrogen-bond donors (Lipinski definition) is 1. The lowest BCUT2D eigenvalue weighted by Gasteiger charge is -2.31. The maximum Gasteiger partial charge on any atom is 0.225 e. The van der Waals surface area contributed by atoms with E-state index in [1.165, 1.54) is 23.5 Å². The number of piperidine rings is 1. The molecular formula is C24H24FN5O2S. The van der Waals surface area contributed by atoms with Gasteiger partial charge in [-0.25, -0.2) is 13.9 Å². The van der Waals surface area contributed by atoms with Crippen LogP contribution in [0.1, 0.15) is 18.4 Å². The van der Waals surface area contributed by atoms with Gasteiger partial charge >= 0.3 is 0 Å². The number of ether oxygens (including phenoxy) is 1. The number of halogens is 1. The van der Waals surface area contributed by atoms with E-state index in [1.54, 1.807) is 17.7 Å². The third-order valence-electron chi connectivity index (χ3n) is 5.84. The second-order valence-corrected chi connectivity index (χ2v) is 9.03. The molecule has 7 nitrogen and oxygen atoms in total. The zero-order chi connectivity index (χ0) is 22.8. The summed E-state index contributed by atoms with van der Waals surface area (Å²) < 4.78 is 20.4. The van der Waals surface area contributed by atoms with Crippen molar-refractivity contribution >= 4 is 27.3 Å². The molecule has 2 aromatic heterocycles. The maximum absolute atomic E-state index is 13.4. The molecule has 1 unspecified atom stereocenters. The zero-order valence-corrected chi connectivity index (χ0v) is 19.0. The van der Waals surface area contributed by atoms with Crippen molar-refractivity contribution in [2.75, 3.05) is 25.1 Å². The number of methoxy groups -OCH3 is 1. The van der Waals surface area contributed by atoms with E-state index in [0.717, 1.165) is 52.0 Å². The first kappa shape index (κ1) is 21.4. The number of fused-ring (bicyclic) bond motifs is 1. The van der Waals surface area contributed by atoms with Gasteiger partial charge in [0, 0.05) is 25.2 Å². The predicted octanol–water partition coefficient (Wildman–Crippen LogP) is 4.14. The Labute approximate surface area is 194 Å². The fourth-order valence-corrected chi connectivity index (χ4v) is 4.98. The minimum Gasteiger partial charge on any atom is -0.497 e. The molecule has 5 rings (SSSR count). The minimum absolute atomic E-state index is 0.00733. The van der Waals surface area contributed by atoms with Crippen LogP contribution in [0.5, 0.6) is 5.75 Å². The van der Waals surface area contributed by atoms with Crippen LogP contribution in [0.25, 0.3) is 16.2 Å². The number of carbonyl (C=O) groups excluding carboxylic acids is 1. The molecule has 1 fully saturated rings. The molecule has 0 bridgehead atoms. The van der Waals surface area contributed by atoms with Crippen molar-refractivity contribution < 1.29 is 13.9 Å². The van der Waals surface area contributed by atoms with Crippen molar-refractivity contribution in [2.24, 2.45) is 5.92 Å². The van der Waals surface area contributed by atoms with Gasteiger partial charge in [0.05, 0.1) is 24.9 Å². The molecule has 1 saturated heterocycles. The van der Waals surface area contributed by atoms with Crippen LogP contribution < -0.4 is 15.0 Å². The molecular weight excluding hydrogens is 441 g/mol. The van der Waals surface area contributed by atoms with Gasteiger partial charge in [-0.05, 0) is 54.8 Å². The van der Waals surface area contributed by atoms with Crippen molar-refractivity contribution in [3.63, 3.8) is 0 Å². The number of imidazole rings is 1. The molecule has 0 aliphatic carbocycles. The number of nitrogens with one attached hydrogen (secondary N) is 1. The van der Waals surface area contributed by atoms with Gasteiger partial charge in [0.1, 0.15) is 11.6 Å². The van der Waals surface area contributed by atoms with Crippen LogP contribution in [-0.4, -0.2) is 40.7 Å².